The summed E-state index contributed by atoms with van der Waals surface area (Å²) in [5, 5.41) is 4.16. The van der Waals surface area contributed by atoms with Crippen LogP contribution in [0.5, 0.6) is 5.75 Å². The highest BCUT2D eigenvalue weighted by Gasteiger charge is 2.32. The number of nitrogens with one attached hydrogen (secondary N) is 1. The fourth-order valence-corrected chi connectivity index (χ4v) is 3.01. The standard InChI is InChI=1S/C18H19N3O3/c19-18(23)21-17(22)16(12-6-2-1-3-7-12)20-14-10-11-24-15-9-5-4-8-13(14)15/h1-9,14,16,20H,10-11H2,(H3,19,21,22,23)/p+1/t14-,16-/m0/s1. The normalized spacial score (nSPS) is 17.2. The zero-order chi connectivity index (χ0) is 16.9. The first-order valence-electron chi connectivity index (χ1n) is 7.87. The molecule has 0 saturated heterocycles. The Labute approximate surface area is 140 Å². The molecule has 2 aromatic carbocycles. The van der Waals surface area contributed by atoms with Gasteiger partial charge in [-0.15, -0.1) is 0 Å². The van der Waals surface area contributed by atoms with Gasteiger partial charge in [0.25, 0.3) is 5.91 Å². The van der Waals surface area contributed by atoms with Crippen molar-refractivity contribution in [2.45, 2.75) is 18.5 Å². The number of hydrogen-bond acceptors (Lipinski definition) is 3. The average molecular weight is 326 g/mol. The first-order chi connectivity index (χ1) is 11.6. The number of amides is 3. The predicted molar refractivity (Wildman–Crippen MR) is 88.1 cm³/mol. The molecule has 0 unspecified atom stereocenters. The third kappa shape index (κ3) is 3.55. The molecule has 0 aliphatic carbocycles. The Bertz CT molecular complexity index is 733. The molecular weight excluding hydrogens is 306 g/mol. The SMILES string of the molecule is NC(=O)NC(=O)[C@@H]([NH2+][C@H]1CCOc2ccccc21)c1ccccc1. The molecule has 0 radical (unpaired) electrons. The number of carbonyl (C=O) groups excluding carboxylic acids is 2. The van der Waals surface area contributed by atoms with Crippen molar-refractivity contribution in [2.75, 3.05) is 6.61 Å². The zero-order valence-corrected chi connectivity index (χ0v) is 13.1. The molecule has 3 amide bonds. The second-order valence-corrected chi connectivity index (χ2v) is 5.72. The van der Waals surface area contributed by atoms with E-state index >= 15 is 0 Å². The van der Waals surface area contributed by atoms with E-state index in [4.69, 9.17) is 10.5 Å². The van der Waals surface area contributed by atoms with Crippen LogP contribution in [0.25, 0.3) is 0 Å². The van der Waals surface area contributed by atoms with Gasteiger partial charge < -0.3 is 15.8 Å². The van der Waals surface area contributed by atoms with Crippen molar-refractivity contribution >= 4 is 11.9 Å². The summed E-state index contributed by atoms with van der Waals surface area (Å²) >= 11 is 0. The summed E-state index contributed by atoms with van der Waals surface area (Å²) in [6, 6.07) is 15.8. The summed E-state index contributed by atoms with van der Waals surface area (Å²) in [5.74, 6) is 0.421. The van der Waals surface area contributed by atoms with E-state index < -0.39 is 18.0 Å². The second kappa shape index (κ2) is 7.14. The lowest BCUT2D eigenvalue weighted by atomic mass is 9.97. The zero-order valence-electron chi connectivity index (χ0n) is 13.1. The van der Waals surface area contributed by atoms with Gasteiger partial charge in [-0.3, -0.25) is 10.1 Å². The van der Waals surface area contributed by atoms with Crippen molar-refractivity contribution in [1.82, 2.24) is 5.32 Å². The lowest BCUT2D eigenvalue weighted by Crippen LogP contribution is -2.89. The van der Waals surface area contributed by atoms with Crippen molar-refractivity contribution in [3.05, 3.63) is 65.7 Å². The number of urea groups is 1. The number of ether oxygens (including phenoxy) is 1. The number of carbonyl (C=O) groups is 2. The highest BCUT2D eigenvalue weighted by molar-refractivity contribution is 5.96. The van der Waals surface area contributed by atoms with E-state index in [1.807, 2.05) is 59.9 Å². The topological polar surface area (TPSA) is 98.0 Å². The number of rotatable bonds is 4. The molecule has 1 aliphatic rings. The van der Waals surface area contributed by atoms with Crippen LogP contribution in [-0.2, 0) is 4.79 Å². The van der Waals surface area contributed by atoms with Crippen molar-refractivity contribution in [3.8, 4) is 5.75 Å². The van der Waals surface area contributed by atoms with Gasteiger partial charge in [0, 0.05) is 12.0 Å². The Kier molecular flexibility index (Phi) is 4.77. The predicted octanol–water partition coefficient (Wildman–Crippen LogP) is 1.01. The fraction of sp³-hybridized carbons (Fsp3) is 0.222. The second-order valence-electron chi connectivity index (χ2n) is 5.72. The van der Waals surface area contributed by atoms with Crippen LogP contribution >= 0.6 is 0 Å². The van der Waals surface area contributed by atoms with Gasteiger partial charge in [0.2, 0.25) is 0 Å². The third-order valence-electron chi connectivity index (χ3n) is 4.12. The number of para-hydroxylation sites is 1. The van der Waals surface area contributed by atoms with Gasteiger partial charge >= 0.3 is 6.03 Å². The van der Waals surface area contributed by atoms with Gasteiger partial charge in [-0.05, 0) is 12.1 Å². The number of primary amides is 1. The van der Waals surface area contributed by atoms with E-state index in [1.54, 1.807) is 0 Å². The molecule has 3 rings (SSSR count). The van der Waals surface area contributed by atoms with Crippen LogP contribution in [0, 0.1) is 0 Å². The number of nitrogens with two attached hydrogens (primary N) is 2. The summed E-state index contributed by atoms with van der Waals surface area (Å²) in [4.78, 5) is 23.6. The number of benzene rings is 2. The molecule has 0 spiro atoms. The average Bonchev–Trinajstić information content (AvgIpc) is 2.60. The van der Waals surface area contributed by atoms with Gasteiger partial charge in [-0.25, -0.2) is 4.79 Å². The maximum absolute atomic E-state index is 12.5. The summed E-state index contributed by atoms with van der Waals surface area (Å²) < 4.78 is 5.67. The molecule has 24 heavy (non-hydrogen) atoms. The van der Waals surface area contributed by atoms with Crippen molar-refractivity contribution in [1.29, 1.82) is 0 Å². The minimum absolute atomic E-state index is 0.0683. The molecule has 0 saturated carbocycles. The van der Waals surface area contributed by atoms with Gasteiger partial charge in [0.1, 0.15) is 11.8 Å². The highest BCUT2D eigenvalue weighted by atomic mass is 16.5. The van der Waals surface area contributed by atoms with Crippen LogP contribution in [0.1, 0.15) is 29.6 Å². The first-order valence-corrected chi connectivity index (χ1v) is 7.87. The Hall–Kier alpha value is -2.86. The first kappa shape index (κ1) is 16.0. The summed E-state index contributed by atoms with van der Waals surface area (Å²) in [6.07, 6.45) is 0.782. The fourth-order valence-electron chi connectivity index (χ4n) is 3.01. The van der Waals surface area contributed by atoms with E-state index in [0.717, 1.165) is 23.3 Å². The van der Waals surface area contributed by atoms with Gasteiger partial charge in [-0.2, -0.15) is 0 Å². The smallest absolute Gasteiger partial charge is 0.319 e. The summed E-state index contributed by atoms with van der Waals surface area (Å²) in [5.41, 5.74) is 6.99. The number of imide groups is 1. The van der Waals surface area contributed by atoms with E-state index in [2.05, 4.69) is 5.32 Å². The van der Waals surface area contributed by atoms with Crippen LogP contribution < -0.4 is 21.1 Å². The number of fused-ring (bicyclic) bond motifs is 1. The van der Waals surface area contributed by atoms with E-state index in [-0.39, 0.29) is 6.04 Å². The number of hydrogen-bond donors (Lipinski definition) is 3. The third-order valence-corrected chi connectivity index (χ3v) is 4.12. The van der Waals surface area contributed by atoms with E-state index in [0.29, 0.717) is 6.61 Å². The Morgan fingerprint density at radius 1 is 1.12 bits per heavy atom. The van der Waals surface area contributed by atoms with Crippen molar-refractivity contribution in [3.63, 3.8) is 0 Å². The minimum atomic E-state index is -0.846. The van der Waals surface area contributed by atoms with E-state index in [9.17, 15) is 9.59 Å². The van der Waals surface area contributed by atoms with Crippen LogP contribution in [0.15, 0.2) is 54.6 Å². The Morgan fingerprint density at radius 2 is 1.83 bits per heavy atom. The molecule has 6 heteroatoms. The highest BCUT2D eigenvalue weighted by Crippen LogP contribution is 2.29. The molecule has 0 aromatic heterocycles. The lowest BCUT2D eigenvalue weighted by molar-refractivity contribution is -0.723. The molecule has 0 bridgehead atoms. The number of quaternary nitrogens is 1. The molecule has 6 nitrogen and oxygen atoms in total. The van der Waals surface area contributed by atoms with Crippen molar-refractivity contribution in [2.24, 2.45) is 5.73 Å². The molecule has 2 aromatic rings. The lowest BCUT2D eigenvalue weighted by Gasteiger charge is -2.27. The van der Waals surface area contributed by atoms with Crippen LogP contribution in [0.4, 0.5) is 4.79 Å². The monoisotopic (exact) mass is 326 g/mol. The molecule has 0 fully saturated rings. The molecule has 1 aliphatic heterocycles. The molecule has 5 N–H and O–H groups in total. The quantitative estimate of drug-likeness (QED) is 0.782. The van der Waals surface area contributed by atoms with Crippen LogP contribution in [0.2, 0.25) is 0 Å². The van der Waals surface area contributed by atoms with E-state index in [1.165, 1.54) is 0 Å². The minimum Gasteiger partial charge on any atom is -0.493 e. The summed E-state index contributed by atoms with van der Waals surface area (Å²) in [7, 11) is 0. The van der Waals surface area contributed by atoms with Gasteiger partial charge in [-0.1, -0.05) is 42.5 Å². The van der Waals surface area contributed by atoms with Gasteiger partial charge in [0.15, 0.2) is 6.04 Å². The van der Waals surface area contributed by atoms with Crippen LogP contribution in [0.3, 0.4) is 0 Å². The van der Waals surface area contributed by atoms with Gasteiger partial charge in [0.05, 0.1) is 12.2 Å². The molecule has 124 valence electrons. The molecular formula is C18H20N3O3+. The maximum Gasteiger partial charge on any atom is 0.319 e. The Morgan fingerprint density at radius 3 is 2.58 bits per heavy atom. The maximum atomic E-state index is 12.5. The van der Waals surface area contributed by atoms with Crippen molar-refractivity contribution < 1.29 is 19.6 Å². The Balaban J connectivity index is 1.87. The molecule has 1 heterocycles. The van der Waals surface area contributed by atoms with Crippen LogP contribution in [-0.4, -0.2) is 18.5 Å². The largest absolute Gasteiger partial charge is 0.493 e. The molecule has 2 atom stereocenters. The summed E-state index contributed by atoms with van der Waals surface area (Å²) in [6.45, 7) is 0.594.